The highest BCUT2D eigenvalue weighted by Crippen LogP contribution is 2.07. The topological polar surface area (TPSA) is 96.6 Å². The Bertz CT molecular complexity index is 238. The van der Waals surface area contributed by atoms with Gasteiger partial charge in [-0.25, -0.2) is 0 Å². The first kappa shape index (κ1) is 8.85. The summed E-state index contributed by atoms with van der Waals surface area (Å²) in [7, 11) is 0. The maximum Gasteiger partial charge on any atom is 0.327 e. The number of amides is 2. The van der Waals surface area contributed by atoms with E-state index in [1.165, 1.54) is 11.8 Å². The molecule has 2 amide bonds. The zero-order valence-corrected chi connectivity index (χ0v) is 6.98. The smallest absolute Gasteiger partial charge is 0.327 e. The number of thioether (sulfide) groups is 1. The average Bonchev–Trinajstić information content (AvgIpc) is 2.51. The standard InChI is InChI=1S/C5H8N4O2S/c6-3(10)4(11)8-9-5-7-1-2-12-5/h1-2H2,(H2,6,10)(H,7,9)(H,8,11). The lowest BCUT2D eigenvalue weighted by atomic mass is 10.6. The summed E-state index contributed by atoms with van der Waals surface area (Å²) in [6.45, 7) is 0.722. The molecule has 0 aromatic heterocycles. The van der Waals surface area contributed by atoms with Gasteiger partial charge in [-0.1, -0.05) is 11.8 Å². The van der Waals surface area contributed by atoms with Gasteiger partial charge in [0.15, 0.2) is 5.17 Å². The molecule has 0 aromatic rings. The minimum absolute atomic E-state index is 0.601. The Morgan fingerprint density at radius 2 is 2.33 bits per heavy atom. The van der Waals surface area contributed by atoms with Crippen LogP contribution in [0.1, 0.15) is 0 Å². The molecule has 0 saturated heterocycles. The van der Waals surface area contributed by atoms with Crippen LogP contribution >= 0.6 is 11.8 Å². The number of hydrogen-bond acceptors (Lipinski definition) is 5. The Morgan fingerprint density at radius 3 is 2.83 bits per heavy atom. The average molecular weight is 188 g/mol. The number of hydrogen-bond donors (Lipinski definition) is 3. The van der Waals surface area contributed by atoms with Crippen molar-refractivity contribution in [2.24, 2.45) is 10.7 Å². The van der Waals surface area contributed by atoms with Crippen molar-refractivity contribution in [1.82, 2.24) is 10.9 Å². The summed E-state index contributed by atoms with van der Waals surface area (Å²) in [5.74, 6) is -1.01. The fourth-order valence-corrected chi connectivity index (χ4v) is 1.26. The summed E-state index contributed by atoms with van der Waals surface area (Å²) in [5.41, 5.74) is 9.27. The van der Waals surface area contributed by atoms with Crippen LogP contribution in [0.25, 0.3) is 0 Å². The van der Waals surface area contributed by atoms with Crippen LogP contribution in [0.4, 0.5) is 0 Å². The predicted octanol–water partition coefficient (Wildman–Crippen LogP) is -1.80. The monoisotopic (exact) mass is 188 g/mol. The number of nitrogens with zero attached hydrogens (tertiary/aromatic N) is 1. The Labute approximate surface area is 72.9 Å². The molecule has 1 aliphatic heterocycles. The molecule has 6 nitrogen and oxygen atoms in total. The number of carbonyl (C=O) groups excluding carboxylic acids is 2. The molecule has 1 heterocycles. The van der Waals surface area contributed by atoms with Crippen LogP contribution in [0.15, 0.2) is 4.99 Å². The second-order valence-corrected chi connectivity index (χ2v) is 3.06. The maximum absolute atomic E-state index is 10.6. The van der Waals surface area contributed by atoms with Crippen LogP contribution in [-0.4, -0.2) is 29.3 Å². The van der Waals surface area contributed by atoms with Crippen LogP contribution in [0.5, 0.6) is 0 Å². The van der Waals surface area contributed by atoms with E-state index >= 15 is 0 Å². The Balaban J connectivity index is 2.25. The highest BCUT2D eigenvalue weighted by Gasteiger charge is 2.10. The van der Waals surface area contributed by atoms with Crippen molar-refractivity contribution in [1.29, 1.82) is 0 Å². The van der Waals surface area contributed by atoms with Crippen LogP contribution < -0.4 is 16.6 Å². The quantitative estimate of drug-likeness (QED) is 0.308. The fourth-order valence-electron chi connectivity index (χ4n) is 0.583. The molecule has 1 rings (SSSR count). The summed E-state index contributed by atoms with van der Waals surface area (Å²) >= 11 is 1.47. The molecule has 12 heavy (non-hydrogen) atoms. The van der Waals surface area contributed by atoms with Crippen molar-refractivity contribution in [3.8, 4) is 0 Å². The van der Waals surface area contributed by atoms with Gasteiger partial charge in [0, 0.05) is 5.75 Å². The Kier molecular flexibility index (Phi) is 2.92. The molecule has 0 radical (unpaired) electrons. The van der Waals surface area contributed by atoms with Gasteiger partial charge in [-0.05, 0) is 0 Å². The highest BCUT2D eigenvalue weighted by atomic mass is 32.2. The molecule has 7 heteroatoms. The highest BCUT2D eigenvalue weighted by molar-refractivity contribution is 8.14. The lowest BCUT2D eigenvalue weighted by molar-refractivity contribution is -0.137. The Hall–Kier alpha value is -1.24. The minimum atomic E-state index is -1.02. The van der Waals surface area contributed by atoms with E-state index in [1.54, 1.807) is 0 Å². The molecule has 1 aliphatic rings. The van der Waals surface area contributed by atoms with Gasteiger partial charge >= 0.3 is 11.8 Å². The number of nitrogens with one attached hydrogen (secondary N) is 2. The SMILES string of the molecule is NC(=O)C(=O)NNC1=NCCS1. The van der Waals surface area contributed by atoms with Crippen molar-refractivity contribution < 1.29 is 9.59 Å². The van der Waals surface area contributed by atoms with Gasteiger partial charge in [0.1, 0.15) is 0 Å². The van der Waals surface area contributed by atoms with Crippen LogP contribution in [0.3, 0.4) is 0 Å². The summed E-state index contributed by atoms with van der Waals surface area (Å²) in [5, 5.41) is 0.601. The molecular formula is C5H8N4O2S. The molecule has 0 spiro atoms. The third-order valence-electron chi connectivity index (χ3n) is 1.09. The van der Waals surface area contributed by atoms with Crippen molar-refractivity contribution in [3.05, 3.63) is 0 Å². The van der Waals surface area contributed by atoms with Gasteiger partial charge in [0.2, 0.25) is 0 Å². The third-order valence-corrected chi connectivity index (χ3v) is 1.98. The molecule has 0 atom stereocenters. The third kappa shape index (κ3) is 2.42. The van der Waals surface area contributed by atoms with Gasteiger partial charge in [0.25, 0.3) is 0 Å². The fraction of sp³-hybridized carbons (Fsp3) is 0.400. The molecule has 0 unspecified atom stereocenters. The number of amidine groups is 1. The normalized spacial score (nSPS) is 15.2. The van der Waals surface area contributed by atoms with E-state index in [-0.39, 0.29) is 0 Å². The molecule has 0 aromatic carbocycles. The summed E-state index contributed by atoms with van der Waals surface area (Å²) < 4.78 is 0. The van der Waals surface area contributed by atoms with Gasteiger partial charge in [-0.15, -0.1) is 0 Å². The van der Waals surface area contributed by atoms with Gasteiger partial charge in [-0.2, -0.15) is 0 Å². The maximum atomic E-state index is 10.6. The number of carbonyl (C=O) groups is 2. The number of aliphatic imine (C=N–C) groups is 1. The van der Waals surface area contributed by atoms with Crippen molar-refractivity contribution in [2.45, 2.75) is 0 Å². The lowest BCUT2D eigenvalue weighted by Gasteiger charge is -2.03. The predicted molar refractivity (Wildman–Crippen MR) is 45.2 cm³/mol. The van der Waals surface area contributed by atoms with Gasteiger partial charge in [0.05, 0.1) is 6.54 Å². The van der Waals surface area contributed by atoms with Gasteiger partial charge < -0.3 is 5.73 Å². The molecule has 0 saturated carbocycles. The summed E-state index contributed by atoms with van der Waals surface area (Å²) in [4.78, 5) is 24.8. The largest absolute Gasteiger partial charge is 0.361 e. The van der Waals surface area contributed by atoms with E-state index in [0.717, 1.165) is 12.3 Å². The molecule has 0 bridgehead atoms. The van der Waals surface area contributed by atoms with Gasteiger partial charge in [-0.3, -0.25) is 25.4 Å². The number of primary amides is 1. The van der Waals surface area contributed by atoms with E-state index < -0.39 is 11.8 Å². The second kappa shape index (κ2) is 3.96. The molecule has 66 valence electrons. The van der Waals surface area contributed by atoms with E-state index in [2.05, 4.69) is 21.6 Å². The first-order chi connectivity index (χ1) is 5.70. The summed E-state index contributed by atoms with van der Waals surface area (Å²) in [6.07, 6.45) is 0. The van der Waals surface area contributed by atoms with E-state index in [1.807, 2.05) is 0 Å². The zero-order valence-electron chi connectivity index (χ0n) is 6.16. The zero-order chi connectivity index (χ0) is 8.97. The number of nitrogens with two attached hydrogens (primary N) is 1. The van der Waals surface area contributed by atoms with Crippen molar-refractivity contribution in [3.63, 3.8) is 0 Å². The Morgan fingerprint density at radius 1 is 1.58 bits per heavy atom. The van der Waals surface area contributed by atoms with E-state index in [9.17, 15) is 9.59 Å². The van der Waals surface area contributed by atoms with Crippen LogP contribution in [0.2, 0.25) is 0 Å². The summed E-state index contributed by atoms with van der Waals surface area (Å²) in [6, 6.07) is 0. The molecule has 0 aliphatic carbocycles. The number of hydrazine groups is 1. The molecular weight excluding hydrogens is 180 g/mol. The number of rotatable bonds is 0. The lowest BCUT2D eigenvalue weighted by Crippen LogP contribution is -2.45. The molecule has 0 fully saturated rings. The molecule has 4 N–H and O–H groups in total. The van der Waals surface area contributed by atoms with Crippen LogP contribution in [-0.2, 0) is 9.59 Å². The van der Waals surface area contributed by atoms with Crippen molar-refractivity contribution >= 4 is 28.7 Å². The van der Waals surface area contributed by atoms with E-state index in [4.69, 9.17) is 0 Å². The minimum Gasteiger partial charge on any atom is -0.361 e. The van der Waals surface area contributed by atoms with Crippen LogP contribution in [0, 0.1) is 0 Å². The second-order valence-electron chi connectivity index (χ2n) is 1.98. The first-order valence-electron chi connectivity index (χ1n) is 3.23. The first-order valence-corrected chi connectivity index (χ1v) is 4.22. The van der Waals surface area contributed by atoms with Crippen molar-refractivity contribution in [2.75, 3.05) is 12.3 Å². The van der Waals surface area contributed by atoms with E-state index in [0.29, 0.717) is 5.17 Å².